The minimum absolute atomic E-state index is 0.112. The Hall–Kier alpha value is -2.24. The summed E-state index contributed by atoms with van der Waals surface area (Å²) in [5.74, 6) is 0.0152. The highest BCUT2D eigenvalue weighted by Crippen LogP contribution is 2.31. The van der Waals surface area contributed by atoms with E-state index in [1.807, 2.05) is 0 Å². The lowest BCUT2D eigenvalue weighted by atomic mass is 10.1. The highest BCUT2D eigenvalue weighted by Gasteiger charge is 2.12. The predicted molar refractivity (Wildman–Crippen MR) is 90.8 cm³/mol. The van der Waals surface area contributed by atoms with Crippen molar-refractivity contribution in [3.8, 4) is 11.5 Å². The third-order valence-corrected chi connectivity index (χ3v) is 3.58. The highest BCUT2D eigenvalue weighted by molar-refractivity contribution is 6.36. The van der Waals surface area contributed by atoms with E-state index in [9.17, 15) is 9.90 Å². The molecule has 0 fully saturated rings. The lowest BCUT2D eigenvalue weighted by Crippen LogP contribution is -2.19. The fraction of sp³-hybridized carbons (Fsp3) is 0.125. The number of carbonyl (C=O) groups is 1. The van der Waals surface area contributed by atoms with Crippen molar-refractivity contribution in [2.45, 2.75) is 6.92 Å². The van der Waals surface area contributed by atoms with Crippen molar-refractivity contribution in [3.05, 3.63) is 57.6 Å². The summed E-state index contributed by atoms with van der Waals surface area (Å²) in [5, 5.41) is 14.4. The van der Waals surface area contributed by atoms with Crippen LogP contribution in [0.25, 0.3) is 0 Å². The molecular weight excluding hydrogens is 339 g/mol. The van der Waals surface area contributed by atoms with Gasteiger partial charge in [-0.05, 0) is 37.3 Å². The van der Waals surface area contributed by atoms with E-state index in [4.69, 9.17) is 27.9 Å². The van der Waals surface area contributed by atoms with Gasteiger partial charge in [-0.25, -0.2) is 5.43 Å². The van der Waals surface area contributed by atoms with Gasteiger partial charge in [0.2, 0.25) is 0 Å². The highest BCUT2D eigenvalue weighted by atomic mass is 35.5. The van der Waals surface area contributed by atoms with Gasteiger partial charge in [0.25, 0.3) is 5.91 Å². The summed E-state index contributed by atoms with van der Waals surface area (Å²) in [6, 6.07) is 9.60. The summed E-state index contributed by atoms with van der Waals surface area (Å²) in [6.45, 7) is 1.62. The molecule has 1 amide bonds. The molecule has 2 aromatic rings. The van der Waals surface area contributed by atoms with Crippen LogP contribution in [0.2, 0.25) is 10.0 Å². The van der Waals surface area contributed by atoms with Gasteiger partial charge >= 0.3 is 0 Å². The molecule has 23 heavy (non-hydrogen) atoms. The molecule has 2 N–H and O–H groups in total. The molecule has 0 aliphatic carbocycles. The van der Waals surface area contributed by atoms with Crippen LogP contribution in [-0.2, 0) is 0 Å². The Morgan fingerprint density at radius 2 is 2.00 bits per heavy atom. The van der Waals surface area contributed by atoms with Crippen LogP contribution in [0, 0.1) is 0 Å². The summed E-state index contributed by atoms with van der Waals surface area (Å²) in [4.78, 5) is 12.1. The second kappa shape index (κ2) is 7.35. The first-order valence-electron chi connectivity index (χ1n) is 6.59. The molecule has 0 unspecified atom stereocenters. The van der Waals surface area contributed by atoms with Crippen LogP contribution in [0.15, 0.2) is 41.5 Å². The Morgan fingerprint density at radius 1 is 1.26 bits per heavy atom. The third-order valence-electron chi connectivity index (χ3n) is 3.08. The zero-order valence-electron chi connectivity index (χ0n) is 12.4. The molecule has 0 aliphatic rings. The van der Waals surface area contributed by atoms with Crippen molar-refractivity contribution in [1.82, 2.24) is 5.43 Å². The van der Waals surface area contributed by atoms with Gasteiger partial charge in [-0.1, -0.05) is 29.3 Å². The predicted octanol–water partition coefficient (Wildman–Crippen LogP) is 3.86. The Balaban J connectivity index is 2.20. The SMILES string of the molecule is COc1cccc(C(=O)NN=C(C)c2cc(Cl)cc(Cl)c2O)c1. The number of phenolic OH excluding ortho intramolecular Hbond substituents is 1. The van der Waals surface area contributed by atoms with Crippen molar-refractivity contribution in [3.63, 3.8) is 0 Å². The average Bonchev–Trinajstić information content (AvgIpc) is 2.55. The summed E-state index contributed by atoms with van der Waals surface area (Å²) in [6.07, 6.45) is 0. The number of benzene rings is 2. The smallest absolute Gasteiger partial charge is 0.271 e. The maximum absolute atomic E-state index is 12.1. The van der Waals surface area contributed by atoms with Crippen molar-refractivity contribution >= 4 is 34.8 Å². The number of hydrogen-bond acceptors (Lipinski definition) is 4. The number of ether oxygens (including phenoxy) is 1. The zero-order chi connectivity index (χ0) is 17.0. The average molecular weight is 353 g/mol. The number of phenols is 1. The van der Waals surface area contributed by atoms with E-state index in [1.54, 1.807) is 31.2 Å². The number of nitrogens with one attached hydrogen (secondary N) is 1. The van der Waals surface area contributed by atoms with Crippen LogP contribution in [0.4, 0.5) is 0 Å². The number of methoxy groups -OCH3 is 1. The van der Waals surface area contributed by atoms with E-state index >= 15 is 0 Å². The molecule has 120 valence electrons. The largest absolute Gasteiger partial charge is 0.506 e. The molecule has 7 heteroatoms. The Bertz CT molecular complexity index is 776. The van der Waals surface area contributed by atoms with Gasteiger partial charge in [0.1, 0.15) is 11.5 Å². The molecule has 5 nitrogen and oxygen atoms in total. The molecule has 0 atom stereocenters. The Kier molecular flexibility index (Phi) is 5.47. The van der Waals surface area contributed by atoms with Crippen molar-refractivity contribution < 1.29 is 14.6 Å². The second-order valence-electron chi connectivity index (χ2n) is 4.65. The van der Waals surface area contributed by atoms with Gasteiger partial charge in [0.05, 0.1) is 17.8 Å². The van der Waals surface area contributed by atoms with Gasteiger partial charge in [-0.2, -0.15) is 5.10 Å². The first-order valence-corrected chi connectivity index (χ1v) is 7.35. The van der Waals surface area contributed by atoms with Crippen LogP contribution < -0.4 is 10.2 Å². The first kappa shape index (κ1) is 17.1. The normalized spacial score (nSPS) is 11.2. The van der Waals surface area contributed by atoms with Crippen LogP contribution >= 0.6 is 23.2 Å². The molecule has 0 saturated carbocycles. The van der Waals surface area contributed by atoms with Gasteiger partial charge in [0.15, 0.2) is 0 Å². The van der Waals surface area contributed by atoms with E-state index < -0.39 is 5.91 Å². The second-order valence-corrected chi connectivity index (χ2v) is 5.50. The van der Waals surface area contributed by atoms with Crippen molar-refractivity contribution in [2.24, 2.45) is 5.10 Å². The Labute approximate surface area is 143 Å². The molecule has 2 aromatic carbocycles. The van der Waals surface area contributed by atoms with Gasteiger partial charge in [0, 0.05) is 16.1 Å². The number of carbonyl (C=O) groups excluding carboxylic acids is 1. The number of aromatic hydroxyl groups is 1. The standard InChI is InChI=1S/C16H14Cl2N2O3/c1-9(13-7-11(17)8-14(18)15(13)21)19-20-16(22)10-4-3-5-12(6-10)23-2/h3-8,21H,1-2H3,(H,20,22). The molecule has 0 aliphatic heterocycles. The van der Waals surface area contributed by atoms with Gasteiger partial charge in [-0.15, -0.1) is 0 Å². The zero-order valence-corrected chi connectivity index (χ0v) is 13.9. The van der Waals surface area contributed by atoms with Crippen LogP contribution in [0.3, 0.4) is 0 Å². The molecule has 0 radical (unpaired) electrons. The van der Waals surface area contributed by atoms with Crippen LogP contribution in [0.1, 0.15) is 22.8 Å². The molecule has 0 spiro atoms. The summed E-state index contributed by atoms with van der Waals surface area (Å²) in [7, 11) is 1.52. The number of halogens is 2. The van der Waals surface area contributed by atoms with E-state index in [2.05, 4.69) is 10.5 Å². The third kappa shape index (κ3) is 4.15. The number of amides is 1. The van der Waals surface area contributed by atoms with E-state index in [0.717, 1.165) is 0 Å². The molecule has 0 heterocycles. The molecule has 0 saturated heterocycles. The van der Waals surface area contributed by atoms with E-state index in [0.29, 0.717) is 27.6 Å². The fourth-order valence-corrected chi connectivity index (χ4v) is 2.36. The number of rotatable bonds is 4. The Morgan fingerprint density at radius 3 is 2.70 bits per heavy atom. The van der Waals surface area contributed by atoms with Gasteiger partial charge < -0.3 is 9.84 Å². The summed E-state index contributed by atoms with van der Waals surface area (Å²) >= 11 is 11.8. The monoisotopic (exact) mass is 352 g/mol. The molecular formula is C16H14Cl2N2O3. The molecule has 2 rings (SSSR count). The lowest BCUT2D eigenvalue weighted by Gasteiger charge is -2.08. The number of hydrazone groups is 1. The van der Waals surface area contributed by atoms with Crippen molar-refractivity contribution in [1.29, 1.82) is 0 Å². The minimum atomic E-state index is -0.407. The molecule has 0 bridgehead atoms. The quantitative estimate of drug-likeness (QED) is 0.648. The first-order chi connectivity index (χ1) is 10.9. The van der Waals surface area contributed by atoms with Gasteiger partial charge in [-0.3, -0.25) is 4.79 Å². The topological polar surface area (TPSA) is 70.9 Å². The number of hydrogen-bond donors (Lipinski definition) is 2. The maximum Gasteiger partial charge on any atom is 0.271 e. The lowest BCUT2D eigenvalue weighted by molar-refractivity contribution is 0.0954. The van der Waals surface area contributed by atoms with Crippen LogP contribution in [-0.4, -0.2) is 23.8 Å². The maximum atomic E-state index is 12.1. The fourth-order valence-electron chi connectivity index (χ4n) is 1.87. The van der Waals surface area contributed by atoms with E-state index in [1.165, 1.54) is 19.2 Å². The van der Waals surface area contributed by atoms with Crippen molar-refractivity contribution in [2.75, 3.05) is 7.11 Å². The number of nitrogens with zero attached hydrogens (tertiary/aromatic N) is 1. The minimum Gasteiger partial charge on any atom is -0.506 e. The molecule has 0 aromatic heterocycles. The van der Waals surface area contributed by atoms with E-state index in [-0.39, 0.29) is 10.8 Å². The van der Waals surface area contributed by atoms with Crippen LogP contribution in [0.5, 0.6) is 11.5 Å². The summed E-state index contributed by atoms with van der Waals surface area (Å²) < 4.78 is 5.06. The summed E-state index contributed by atoms with van der Waals surface area (Å²) in [5.41, 5.74) is 3.51.